The van der Waals surface area contributed by atoms with Gasteiger partial charge in [0.15, 0.2) is 0 Å². The number of carbonyl (C=O) groups excluding carboxylic acids is 2. The molecule has 0 saturated carbocycles. The highest BCUT2D eigenvalue weighted by molar-refractivity contribution is 6.08. The average Bonchev–Trinajstić information content (AvgIpc) is 2.73. The summed E-state index contributed by atoms with van der Waals surface area (Å²) in [5.41, 5.74) is 2.23. The van der Waals surface area contributed by atoms with E-state index >= 15 is 0 Å². The maximum Gasteiger partial charge on any atom is 0.328 e. The van der Waals surface area contributed by atoms with Crippen LogP contribution in [-0.2, 0) is 9.53 Å². The summed E-state index contributed by atoms with van der Waals surface area (Å²) in [5.74, 6) is -0.751. The van der Waals surface area contributed by atoms with Crippen molar-refractivity contribution < 1.29 is 14.3 Å². The number of esters is 1. The summed E-state index contributed by atoms with van der Waals surface area (Å²) in [6.07, 6.45) is 0. The summed E-state index contributed by atoms with van der Waals surface area (Å²) >= 11 is 0. The van der Waals surface area contributed by atoms with Crippen LogP contribution in [0.15, 0.2) is 24.3 Å². The molecule has 1 aromatic carbocycles. The van der Waals surface area contributed by atoms with Gasteiger partial charge < -0.3 is 15.0 Å². The molecule has 1 aromatic heterocycles. The fourth-order valence-corrected chi connectivity index (χ4v) is 2.07. The zero-order valence-corrected chi connectivity index (χ0v) is 11.1. The molecule has 0 fully saturated rings. The molecule has 2 N–H and O–H groups in total. The first-order chi connectivity index (χ1) is 9.04. The van der Waals surface area contributed by atoms with Crippen LogP contribution in [0.25, 0.3) is 10.9 Å². The van der Waals surface area contributed by atoms with E-state index in [-0.39, 0.29) is 5.91 Å². The number of aryl methyl sites for hydroxylation is 1. The van der Waals surface area contributed by atoms with Gasteiger partial charge in [-0.05, 0) is 19.9 Å². The summed E-state index contributed by atoms with van der Waals surface area (Å²) in [6.45, 7) is 3.42. The van der Waals surface area contributed by atoms with Gasteiger partial charge in [0.25, 0.3) is 5.91 Å². The number of amides is 1. The number of rotatable bonds is 3. The number of nitrogens with one attached hydrogen (secondary N) is 2. The van der Waals surface area contributed by atoms with Crippen molar-refractivity contribution >= 4 is 22.8 Å². The van der Waals surface area contributed by atoms with Gasteiger partial charge >= 0.3 is 5.97 Å². The number of hydrogen-bond acceptors (Lipinski definition) is 3. The lowest BCUT2D eigenvalue weighted by Crippen LogP contribution is -2.39. The molecule has 19 heavy (non-hydrogen) atoms. The summed E-state index contributed by atoms with van der Waals surface area (Å²) < 4.78 is 4.59. The molecule has 2 aromatic rings. The molecule has 0 radical (unpaired) electrons. The second kappa shape index (κ2) is 5.14. The minimum Gasteiger partial charge on any atom is -0.467 e. The van der Waals surface area contributed by atoms with Crippen LogP contribution in [0.4, 0.5) is 0 Å². The standard InChI is InChI=1S/C14H16N2O3/c1-8-12(10-6-4-5-7-11(10)15-8)13(17)16-9(2)14(18)19-3/h4-7,9,15H,1-3H3,(H,16,17). The number of H-pyrrole nitrogens is 1. The lowest BCUT2D eigenvalue weighted by molar-refractivity contribution is -0.142. The smallest absolute Gasteiger partial charge is 0.328 e. The minimum absolute atomic E-state index is 0.284. The SMILES string of the molecule is COC(=O)C(C)NC(=O)c1c(C)[nH]c2ccccc12. The van der Waals surface area contributed by atoms with Crippen LogP contribution >= 0.6 is 0 Å². The Kier molecular flexibility index (Phi) is 3.55. The van der Waals surface area contributed by atoms with Gasteiger partial charge in [-0.1, -0.05) is 18.2 Å². The number of benzene rings is 1. The van der Waals surface area contributed by atoms with E-state index in [9.17, 15) is 9.59 Å². The summed E-state index contributed by atoms with van der Waals surface area (Å²) in [7, 11) is 1.29. The van der Waals surface area contributed by atoms with Crippen molar-refractivity contribution in [2.24, 2.45) is 0 Å². The molecule has 0 aliphatic heterocycles. The average molecular weight is 260 g/mol. The molecule has 100 valence electrons. The second-order valence-electron chi connectivity index (χ2n) is 4.39. The maximum atomic E-state index is 12.2. The summed E-state index contributed by atoms with van der Waals surface area (Å²) in [4.78, 5) is 26.7. The monoisotopic (exact) mass is 260 g/mol. The molecule has 0 aliphatic rings. The van der Waals surface area contributed by atoms with Crippen LogP contribution in [-0.4, -0.2) is 30.0 Å². The quantitative estimate of drug-likeness (QED) is 0.826. The fourth-order valence-electron chi connectivity index (χ4n) is 2.07. The van der Waals surface area contributed by atoms with Crippen molar-refractivity contribution in [1.29, 1.82) is 0 Å². The molecule has 1 heterocycles. The number of carbonyl (C=O) groups is 2. The Morgan fingerprint density at radius 2 is 2.00 bits per heavy atom. The lowest BCUT2D eigenvalue weighted by atomic mass is 10.1. The Bertz CT molecular complexity index is 631. The normalized spacial score (nSPS) is 12.2. The number of fused-ring (bicyclic) bond motifs is 1. The third-order valence-electron chi connectivity index (χ3n) is 3.02. The van der Waals surface area contributed by atoms with Crippen LogP contribution in [0.5, 0.6) is 0 Å². The van der Waals surface area contributed by atoms with Crippen LogP contribution in [0.3, 0.4) is 0 Å². The molecule has 1 atom stereocenters. The molecular formula is C14H16N2O3. The number of hydrogen-bond donors (Lipinski definition) is 2. The van der Waals surface area contributed by atoms with E-state index in [2.05, 4.69) is 15.0 Å². The highest BCUT2D eigenvalue weighted by atomic mass is 16.5. The topological polar surface area (TPSA) is 71.2 Å². The van der Waals surface area contributed by atoms with E-state index in [0.717, 1.165) is 16.6 Å². The zero-order chi connectivity index (χ0) is 14.0. The van der Waals surface area contributed by atoms with E-state index in [1.165, 1.54) is 7.11 Å². The Morgan fingerprint density at radius 3 is 2.68 bits per heavy atom. The molecule has 0 bridgehead atoms. The molecule has 1 amide bonds. The maximum absolute atomic E-state index is 12.2. The molecule has 5 heteroatoms. The van der Waals surface area contributed by atoms with Crippen molar-refractivity contribution in [2.75, 3.05) is 7.11 Å². The number of para-hydroxylation sites is 1. The largest absolute Gasteiger partial charge is 0.467 e. The van der Waals surface area contributed by atoms with E-state index in [0.29, 0.717) is 5.56 Å². The third-order valence-corrected chi connectivity index (χ3v) is 3.02. The van der Waals surface area contributed by atoms with Crippen LogP contribution in [0.1, 0.15) is 23.0 Å². The van der Waals surface area contributed by atoms with Crippen LogP contribution < -0.4 is 5.32 Å². The van der Waals surface area contributed by atoms with E-state index in [1.807, 2.05) is 31.2 Å². The number of aromatic nitrogens is 1. The minimum atomic E-state index is -0.675. The first-order valence-corrected chi connectivity index (χ1v) is 6.00. The number of aromatic amines is 1. The molecular weight excluding hydrogens is 244 g/mol. The van der Waals surface area contributed by atoms with Crippen molar-refractivity contribution in [3.63, 3.8) is 0 Å². The molecule has 1 unspecified atom stereocenters. The molecule has 2 rings (SSSR count). The Hall–Kier alpha value is -2.30. The Morgan fingerprint density at radius 1 is 1.32 bits per heavy atom. The lowest BCUT2D eigenvalue weighted by Gasteiger charge is -2.11. The fraction of sp³-hybridized carbons (Fsp3) is 0.286. The highest BCUT2D eigenvalue weighted by Gasteiger charge is 2.20. The number of methoxy groups -OCH3 is 1. The van der Waals surface area contributed by atoms with E-state index < -0.39 is 12.0 Å². The van der Waals surface area contributed by atoms with Crippen LogP contribution in [0.2, 0.25) is 0 Å². The predicted molar refractivity (Wildman–Crippen MR) is 72.0 cm³/mol. The van der Waals surface area contributed by atoms with E-state index in [1.54, 1.807) is 6.92 Å². The molecule has 0 aliphatic carbocycles. The summed E-state index contributed by atoms with van der Waals surface area (Å²) in [5, 5.41) is 3.47. The highest BCUT2D eigenvalue weighted by Crippen LogP contribution is 2.21. The van der Waals surface area contributed by atoms with Gasteiger partial charge in [0.2, 0.25) is 0 Å². The van der Waals surface area contributed by atoms with Crippen molar-refractivity contribution in [1.82, 2.24) is 10.3 Å². The van der Waals surface area contributed by atoms with Crippen molar-refractivity contribution in [3.05, 3.63) is 35.5 Å². The Labute approximate surface area is 110 Å². The van der Waals surface area contributed by atoms with Gasteiger partial charge in [-0.25, -0.2) is 4.79 Å². The molecule has 0 spiro atoms. The van der Waals surface area contributed by atoms with Gasteiger partial charge in [-0.15, -0.1) is 0 Å². The van der Waals surface area contributed by atoms with Gasteiger partial charge in [-0.2, -0.15) is 0 Å². The Balaban J connectivity index is 2.31. The zero-order valence-electron chi connectivity index (χ0n) is 11.1. The van der Waals surface area contributed by atoms with Crippen molar-refractivity contribution in [3.8, 4) is 0 Å². The first-order valence-electron chi connectivity index (χ1n) is 6.00. The first kappa shape index (κ1) is 13.1. The van der Waals surface area contributed by atoms with E-state index in [4.69, 9.17) is 0 Å². The van der Waals surface area contributed by atoms with Gasteiger partial charge in [0.05, 0.1) is 12.7 Å². The third kappa shape index (κ3) is 2.45. The predicted octanol–water partition coefficient (Wildman–Crippen LogP) is 1.77. The molecule has 0 saturated heterocycles. The van der Waals surface area contributed by atoms with Gasteiger partial charge in [-0.3, -0.25) is 4.79 Å². The summed E-state index contributed by atoms with van der Waals surface area (Å²) in [6, 6.07) is 6.87. The number of ether oxygens (including phenoxy) is 1. The second-order valence-corrected chi connectivity index (χ2v) is 4.39. The van der Waals surface area contributed by atoms with Crippen molar-refractivity contribution in [2.45, 2.75) is 19.9 Å². The van der Waals surface area contributed by atoms with Gasteiger partial charge in [0.1, 0.15) is 6.04 Å². The van der Waals surface area contributed by atoms with Crippen LogP contribution in [0, 0.1) is 6.92 Å². The molecule has 5 nitrogen and oxygen atoms in total. The van der Waals surface area contributed by atoms with Gasteiger partial charge in [0, 0.05) is 16.6 Å².